The van der Waals surface area contributed by atoms with Crippen molar-refractivity contribution >= 4 is 41.7 Å². The number of halogens is 1. The first-order valence-corrected chi connectivity index (χ1v) is 11.2. The molecule has 1 atom stereocenters. The van der Waals surface area contributed by atoms with E-state index < -0.39 is 5.60 Å². The van der Waals surface area contributed by atoms with Crippen molar-refractivity contribution in [3.8, 4) is 0 Å². The van der Waals surface area contributed by atoms with Crippen LogP contribution >= 0.6 is 35.7 Å². The largest absolute Gasteiger partial charge is 0.387 e. The number of aliphatic hydroxyl groups is 1. The van der Waals surface area contributed by atoms with Crippen LogP contribution in [-0.2, 0) is 18.3 Å². The first kappa shape index (κ1) is 26.4. The Labute approximate surface area is 195 Å². The van der Waals surface area contributed by atoms with Crippen molar-refractivity contribution in [2.45, 2.75) is 32.4 Å². The van der Waals surface area contributed by atoms with E-state index >= 15 is 0 Å². The van der Waals surface area contributed by atoms with E-state index in [-0.39, 0.29) is 24.0 Å². The highest BCUT2D eigenvalue weighted by Gasteiger charge is 2.25. The van der Waals surface area contributed by atoms with Crippen LogP contribution in [0.1, 0.15) is 25.0 Å². The molecule has 1 aromatic rings. The molecular formula is C18H36IN7O2S. The monoisotopic (exact) mass is 541 g/mol. The highest BCUT2D eigenvalue weighted by Crippen LogP contribution is 2.08. The lowest BCUT2D eigenvalue weighted by Gasteiger charge is -2.34. The third kappa shape index (κ3) is 9.81. The molecule has 1 unspecified atom stereocenters. The molecule has 1 fully saturated rings. The summed E-state index contributed by atoms with van der Waals surface area (Å²) in [5.74, 6) is 3.45. The Hall–Kier alpha value is -0.630. The molecule has 1 saturated heterocycles. The second kappa shape index (κ2) is 13.6. The van der Waals surface area contributed by atoms with E-state index in [0.29, 0.717) is 25.6 Å². The maximum absolute atomic E-state index is 10.8. The van der Waals surface area contributed by atoms with E-state index in [1.165, 1.54) is 0 Å². The number of aliphatic imine (C=N–C) groups is 1. The summed E-state index contributed by atoms with van der Waals surface area (Å²) in [7, 11) is 1.94. The van der Waals surface area contributed by atoms with Crippen molar-refractivity contribution in [3.63, 3.8) is 0 Å². The van der Waals surface area contributed by atoms with Crippen molar-refractivity contribution in [2.24, 2.45) is 12.0 Å². The van der Waals surface area contributed by atoms with Gasteiger partial charge in [-0.3, -0.25) is 4.90 Å². The van der Waals surface area contributed by atoms with Gasteiger partial charge in [0.25, 0.3) is 0 Å². The summed E-state index contributed by atoms with van der Waals surface area (Å²) < 4.78 is 7.31. The zero-order valence-electron chi connectivity index (χ0n) is 18.0. The van der Waals surface area contributed by atoms with Crippen LogP contribution in [-0.4, -0.2) is 94.3 Å². The minimum absolute atomic E-state index is 0. The van der Waals surface area contributed by atoms with Gasteiger partial charge in [-0.25, -0.2) is 4.99 Å². The van der Waals surface area contributed by atoms with Crippen LogP contribution in [0.25, 0.3) is 0 Å². The Kier molecular flexibility index (Phi) is 12.4. The molecule has 0 radical (unpaired) electrons. The Morgan fingerprint density at radius 1 is 1.31 bits per heavy atom. The summed E-state index contributed by atoms with van der Waals surface area (Å²) in [4.78, 5) is 6.87. The Morgan fingerprint density at radius 2 is 2.03 bits per heavy atom. The minimum atomic E-state index is -0.861. The standard InChI is InChI=1S/C18H35N7O2S.HI/c1-15-22-23-16(24(15)3)12-20-17(19-6-5-11-28-4)21-13-18(2,26)14-25-7-9-27-10-8-25;/h26H,5-14H2,1-4H3,(H2,19,20,21);1H. The molecule has 168 valence electrons. The predicted molar refractivity (Wildman–Crippen MR) is 129 cm³/mol. The molecular weight excluding hydrogens is 505 g/mol. The molecule has 9 nitrogen and oxygen atoms in total. The van der Waals surface area contributed by atoms with E-state index in [2.05, 4.69) is 37.0 Å². The average Bonchev–Trinajstić information content (AvgIpc) is 2.99. The zero-order valence-corrected chi connectivity index (χ0v) is 21.1. The average molecular weight is 542 g/mol. The first-order chi connectivity index (χ1) is 13.4. The van der Waals surface area contributed by atoms with Gasteiger partial charge in [-0.2, -0.15) is 11.8 Å². The summed E-state index contributed by atoms with van der Waals surface area (Å²) in [6.07, 6.45) is 3.15. The third-order valence-electron chi connectivity index (χ3n) is 4.68. The number of nitrogens with one attached hydrogen (secondary N) is 2. The molecule has 1 aliphatic heterocycles. The van der Waals surface area contributed by atoms with E-state index in [9.17, 15) is 5.11 Å². The van der Waals surface area contributed by atoms with Crippen LogP contribution in [0.3, 0.4) is 0 Å². The van der Waals surface area contributed by atoms with E-state index in [0.717, 1.165) is 56.7 Å². The van der Waals surface area contributed by atoms with Gasteiger partial charge < -0.3 is 25.0 Å². The molecule has 11 heteroatoms. The van der Waals surface area contributed by atoms with Crippen molar-refractivity contribution in [1.29, 1.82) is 0 Å². The number of hydrogen-bond acceptors (Lipinski definition) is 7. The van der Waals surface area contributed by atoms with Crippen LogP contribution in [0.15, 0.2) is 4.99 Å². The molecule has 0 amide bonds. The molecule has 0 aliphatic carbocycles. The van der Waals surface area contributed by atoms with Gasteiger partial charge in [0.05, 0.1) is 18.8 Å². The van der Waals surface area contributed by atoms with Gasteiger partial charge in [-0.15, -0.1) is 34.2 Å². The molecule has 2 heterocycles. The lowest BCUT2D eigenvalue weighted by atomic mass is 10.1. The summed E-state index contributed by atoms with van der Waals surface area (Å²) in [6, 6.07) is 0. The highest BCUT2D eigenvalue weighted by molar-refractivity contribution is 14.0. The molecule has 1 aromatic heterocycles. The number of rotatable bonds is 10. The van der Waals surface area contributed by atoms with Gasteiger partial charge in [-0.1, -0.05) is 0 Å². The van der Waals surface area contributed by atoms with Crippen LogP contribution < -0.4 is 10.6 Å². The maximum Gasteiger partial charge on any atom is 0.191 e. The summed E-state index contributed by atoms with van der Waals surface area (Å²) in [6.45, 7) is 9.22. The van der Waals surface area contributed by atoms with Crippen molar-refractivity contribution in [1.82, 2.24) is 30.3 Å². The number of hydrogen-bond donors (Lipinski definition) is 3. The molecule has 0 aromatic carbocycles. The van der Waals surface area contributed by atoms with Gasteiger partial charge in [0.1, 0.15) is 12.4 Å². The molecule has 2 rings (SSSR count). The SMILES string of the molecule is CSCCCNC(=NCc1nnc(C)n1C)NCC(C)(O)CN1CCOCC1.I. The maximum atomic E-state index is 10.8. The number of thioether (sulfide) groups is 1. The fourth-order valence-corrected chi connectivity index (χ4v) is 3.34. The Bertz CT molecular complexity index is 621. The van der Waals surface area contributed by atoms with Crippen LogP contribution in [0.5, 0.6) is 0 Å². The van der Waals surface area contributed by atoms with E-state index in [1.54, 1.807) is 0 Å². The Morgan fingerprint density at radius 3 is 2.66 bits per heavy atom. The Balaban J connectivity index is 0.00000420. The third-order valence-corrected chi connectivity index (χ3v) is 5.38. The van der Waals surface area contributed by atoms with Crippen LogP contribution in [0.2, 0.25) is 0 Å². The van der Waals surface area contributed by atoms with Gasteiger partial charge in [0, 0.05) is 39.8 Å². The number of guanidine groups is 1. The fraction of sp³-hybridized carbons (Fsp3) is 0.833. The quantitative estimate of drug-likeness (QED) is 0.172. The predicted octanol–water partition coefficient (Wildman–Crippen LogP) is 0.613. The second-order valence-electron chi connectivity index (χ2n) is 7.40. The summed E-state index contributed by atoms with van der Waals surface area (Å²) in [5.41, 5.74) is -0.861. The van der Waals surface area contributed by atoms with Gasteiger partial charge in [0.15, 0.2) is 11.8 Å². The van der Waals surface area contributed by atoms with Gasteiger partial charge >= 0.3 is 0 Å². The second-order valence-corrected chi connectivity index (χ2v) is 8.39. The molecule has 0 spiro atoms. The number of ether oxygens (including phenoxy) is 1. The lowest BCUT2D eigenvalue weighted by Crippen LogP contribution is -2.53. The highest BCUT2D eigenvalue weighted by atomic mass is 127. The van der Waals surface area contributed by atoms with Gasteiger partial charge in [0.2, 0.25) is 0 Å². The molecule has 0 bridgehead atoms. The smallest absolute Gasteiger partial charge is 0.191 e. The van der Waals surface area contributed by atoms with Crippen LogP contribution in [0, 0.1) is 6.92 Å². The van der Waals surface area contributed by atoms with Crippen molar-refractivity contribution in [2.75, 3.05) is 57.9 Å². The summed E-state index contributed by atoms with van der Waals surface area (Å²) in [5, 5.41) is 25.7. The van der Waals surface area contributed by atoms with E-state index in [4.69, 9.17) is 4.74 Å². The molecule has 0 saturated carbocycles. The number of morpholine rings is 1. The topological polar surface area (TPSA) is 99.8 Å². The molecule has 29 heavy (non-hydrogen) atoms. The summed E-state index contributed by atoms with van der Waals surface area (Å²) >= 11 is 1.83. The number of β-amino-alcohol motifs (C(OH)–C–C–N with tert-alkyl or cyclic N) is 1. The fourth-order valence-electron chi connectivity index (χ4n) is 2.91. The van der Waals surface area contributed by atoms with Crippen molar-refractivity contribution < 1.29 is 9.84 Å². The lowest BCUT2D eigenvalue weighted by molar-refractivity contribution is -0.0201. The zero-order chi connectivity index (χ0) is 20.4. The van der Waals surface area contributed by atoms with Gasteiger partial charge in [-0.05, 0) is 32.3 Å². The van der Waals surface area contributed by atoms with E-state index in [1.807, 2.05) is 37.2 Å². The number of aromatic nitrogens is 3. The number of nitrogens with zero attached hydrogens (tertiary/aromatic N) is 5. The normalized spacial score (nSPS) is 17.5. The van der Waals surface area contributed by atoms with Crippen molar-refractivity contribution in [3.05, 3.63) is 11.6 Å². The number of aryl methyl sites for hydroxylation is 1. The minimum Gasteiger partial charge on any atom is -0.387 e. The first-order valence-electron chi connectivity index (χ1n) is 9.80. The molecule has 3 N–H and O–H groups in total. The van der Waals surface area contributed by atoms with Crippen LogP contribution in [0.4, 0.5) is 0 Å². The molecule has 1 aliphatic rings.